The number of carbonyl (C=O) groups excluding carboxylic acids is 1. The molecular weight excluding hydrogens is 365 g/mol. The number of hydrogen-bond acceptors (Lipinski definition) is 7. The molecule has 0 saturated heterocycles. The summed E-state index contributed by atoms with van der Waals surface area (Å²) in [7, 11) is 0. The van der Waals surface area contributed by atoms with E-state index in [1.807, 2.05) is 0 Å². The van der Waals surface area contributed by atoms with Crippen molar-refractivity contribution in [3.8, 4) is 5.82 Å². The maximum absolute atomic E-state index is 12.5. The van der Waals surface area contributed by atoms with Gasteiger partial charge in [-0.2, -0.15) is 18.3 Å². The molecule has 0 saturated carbocycles. The van der Waals surface area contributed by atoms with E-state index in [2.05, 4.69) is 15.1 Å². The molecule has 0 aliphatic heterocycles. The molecule has 2 aromatic heterocycles. The van der Waals surface area contributed by atoms with Crippen molar-refractivity contribution in [2.24, 2.45) is 0 Å². The molecule has 0 radical (unpaired) electrons. The van der Waals surface area contributed by atoms with Gasteiger partial charge < -0.3 is 4.74 Å². The quantitative estimate of drug-likeness (QED) is 0.434. The maximum atomic E-state index is 12.5. The van der Waals surface area contributed by atoms with E-state index in [4.69, 9.17) is 4.74 Å². The highest BCUT2D eigenvalue weighted by Crippen LogP contribution is 2.38. The molecule has 11 heteroatoms. The third-order valence-corrected chi connectivity index (χ3v) is 4.34. The fourth-order valence-corrected chi connectivity index (χ4v) is 2.90. The van der Waals surface area contributed by atoms with Crippen molar-refractivity contribution >= 4 is 29.5 Å². The molecule has 0 N–H and O–H groups in total. The highest BCUT2D eigenvalue weighted by molar-refractivity contribution is 8.00. The molecule has 0 aliphatic rings. The third-order valence-electron chi connectivity index (χ3n) is 2.65. The van der Waals surface area contributed by atoms with Crippen molar-refractivity contribution in [3.05, 3.63) is 24.2 Å². The summed E-state index contributed by atoms with van der Waals surface area (Å²) in [6.45, 7) is 3.51. The van der Waals surface area contributed by atoms with E-state index in [-0.39, 0.29) is 29.0 Å². The average Bonchev–Trinajstić information content (AvgIpc) is 2.85. The number of alkyl halides is 3. The van der Waals surface area contributed by atoms with Gasteiger partial charge in [0.2, 0.25) is 0 Å². The molecule has 2 rings (SSSR count). The predicted octanol–water partition coefficient (Wildman–Crippen LogP) is 3.24. The minimum Gasteiger partial charge on any atom is -0.465 e. The molecule has 0 spiro atoms. The second-order valence-electron chi connectivity index (χ2n) is 4.34. The highest BCUT2D eigenvalue weighted by atomic mass is 32.2. The van der Waals surface area contributed by atoms with E-state index in [1.165, 1.54) is 23.9 Å². The first-order chi connectivity index (χ1) is 11.3. The molecule has 0 fully saturated rings. The van der Waals surface area contributed by atoms with Crippen molar-refractivity contribution in [3.63, 3.8) is 0 Å². The van der Waals surface area contributed by atoms with Crippen LogP contribution in [0.15, 0.2) is 28.5 Å². The van der Waals surface area contributed by atoms with Gasteiger partial charge >= 0.3 is 11.5 Å². The molecule has 0 unspecified atom stereocenters. The van der Waals surface area contributed by atoms with Crippen LogP contribution in [0.3, 0.4) is 0 Å². The molecule has 130 valence electrons. The van der Waals surface area contributed by atoms with E-state index in [0.29, 0.717) is 16.7 Å². The molecule has 0 aromatic carbocycles. The number of thioether (sulfide) groups is 2. The summed E-state index contributed by atoms with van der Waals surface area (Å²) in [5.74, 6) is -0.0246. The summed E-state index contributed by atoms with van der Waals surface area (Å²) >= 11 is 0.850. The molecule has 0 atom stereocenters. The highest BCUT2D eigenvalue weighted by Gasteiger charge is 2.31. The first kappa shape index (κ1) is 18.6. The van der Waals surface area contributed by atoms with Gasteiger partial charge in [0.25, 0.3) is 0 Å². The van der Waals surface area contributed by atoms with Crippen molar-refractivity contribution in [1.82, 2.24) is 19.7 Å². The van der Waals surface area contributed by atoms with Crippen LogP contribution in [-0.4, -0.2) is 43.6 Å². The molecule has 0 bridgehead atoms. The first-order valence-electron chi connectivity index (χ1n) is 6.72. The summed E-state index contributed by atoms with van der Waals surface area (Å²) in [5, 5.41) is 4.25. The van der Waals surface area contributed by atoms with E-state index in [9.17, 15) is 18.0 Å². The molecule has 2 aromatic rings. The molecule has 0 amide bonds. The second kappa shape index (κ2) is 7.88. The smallest absolute Gasteiger partial charge is 0.446 e. The molecule has 2 heterocycles. The Balaban J connectivity index is 2.15. The van der Waals surface area contributed by atoms with Crippen molar-refractivity contribution < 1.29 is 22.7 Å². The summed E-state index contributed by atoms with van der Waals surface area (Å²) in [4.78, 5) is 19.5. The van der Waals surface area contributed by atoms with E-state index >= 15 is 0 Å². The van der Waals surface area contributed by atoms with E-state index in [1.54, 1.807) is 6.92 Å². The van der Waals surface area contributed by atoms with Crippen LogP contribution in [0, 0.1) is 6.92 Å². The summed E-state index contributed by atoms with van der Waals surface area (Å²) in [5.41, 5.74) is -4.07. The number of rotatable bonds is 6. The SMILES string of the molecule is CCOC(=O)CSc1nccc(-n2ncc(SC(F)(F)F)c2C)n1. The number of esters is 1. The van der Waals surface area contributed by atoms with Crippen LogP contribution >= 0.6 is 23.5 Å². The van der Waals surface area contributed by atoms with Gasteiger partial charge in [0.05, 0.1) is 29.1 Å². The zero-order chi connectivity index (χ0) is 17.7. The zero-order valence-electron chi connectivity index (χ0n) is 12.7. The normalized spacial score (nSPS) is 11.5. The van der Waals surface area contributed by atoms with Crippen LogP contribution in [0.4, 0.5) is 13.2 Å². The molecule has 24 heavy (non-hydrogen) atoms. The Morgan fingerprint density at radius 3 is 2.83 bits per heavy atom. The van der Waals surface area contributed by atoms with Crippen molar-refractivity contribution in [2.75, 3.05) is 12.4 Å². The molecule has 6 nitrogen and oxygen atoms in total. The topological polar surface area (TPSA) is 69.9 Å². The van der Waals surface area contributed by atoms with Gasteiger partial charge in [0, 0.05) is 12.3 Å². The van der Waals surface area contributed by atoms with Crippen LogP contribution in [0.5, 0.6) is 0 Å². The van der Waals surface area contributed by atoms with Crippen LogP contribution < -0.4 is 0 Å². The molecule has 0 aliphatic carbocycles. The van der Waals surface area contributed by atoms with Gasteiger partial charge in [-0.05, 0) is 25.6 Å². The molecular formula is C13H13F3N4O2S2. The minimum atomic E-state index is -4.38. The number of hydrogen-bond donors (Lipinski definition) is 0. The summed E-state index contributed by atoms with van der Waals surface area (Å²) < 4.78 is 43.6. The van der Waals surface area contributed by atoms with Gasteiger partial charge in [-0.15, -0.1) is 0 Å². The van der Waals surface area contributed by atoms with E-state index < -0.39 is 11.5 Å². The fraction of sp³-hybridized carbons (Fsp3) is 0.385. The number of aromatic nitrogens is 4. The number of carbonyl (C=O) groups is 1. The average molecular weight is 378 g/mol. The van der Waals surface area contributed by atoms with E-state index in [0.717, 1.165) is 18.0 Å². The number of ether oxygens (including phenoxy) is 1. The van der Waals surface area contributed by atoms with Crippen molar-refractivity contribution in [1.29, 1.82) is 0 Å². The van der Waals surface area contributed by atoms with Crippen LogP contribution in [0.1, 0.15) is 12.6 Å². The minimum absolute atomic E-state index is 0.00170. The van der Waals surface area contributed by atoms with Crippen LogP contribution in [0.2, 0.25) is 0 Å². The lowest BCUT2D eigenvalue weighted by molar-refractivity contribution is -0.139. The maximum Gasteiger partial charge on any atom is 0.446 e. The van der Waals surface area contributed by atoms with Crippen LogP contribution in [-0.2, 0) is 9.53 Å². The second-order valence-corrected chi connectivity index (χ2v) is 6.39. The third kappa shape index (κ3) is 5.13. The Labute approximate surface area is 144 Å². The van der Waals surface area contributed by atoms with Crippen LogP contribution in [0.25, 0.3) is 5.82 Å². The monoisotopic (exact) mass is 378 g/mol. The fourth-order valence-electron chi connectivity index (χ4n) is 1.70. The largest absolute Gasteiger partial charge is 0.465 e. The first-order valence-corrected chi connectivity index (χ1v) is 8.52. The Morgan fingerprint density at radius 2 is 2.17 bits per heavy atom. The summed E-state index contributed by atoms with van der Waals surface area (Å²) in [6, 6.07) is 1.52. The number of halogens is 3. The Hall–Kier alpha value is -1.75. The summed E-state index contributed by atoms with van der Waals surface area (Å²) in [6.07, 6.45) is 2.59. The Bertz CT molecular complexity index is 721. The van der Waals surface area contributed by atoms with Gasteiger partial charge in [-0.1, -0.05) is 11.8 Å². The lowest BCUT2D eigenvalue weighted by atomic mass is 10.4. The van der Waals surface area contributed by atoms with Crippen molar-refractivity contribution in [2.45, 2.75) is 29.4 Å². The number of nitrogens with zero attached hydrogens (tertiary/aromatic N) is 4. The zero-order valence-corrected chi connectivity index (χ0v) is 14.3. The Kier molecular flexibility index (Phi) is 6.10. The van der Waals surface area contributed by atoms with Gasteiger partial charge in [0.15, 0.2) is 11.0 Å². The predicted molar refractivity (Wildman–Crippen MR) is 83.2 cm³/mol. The Morgan fingerprint density at radius 1 is 1.42 bits per heavy atom. The van der Waals surface area contributed by atoms with Gasteiger partial charge in [-0.25, -0.2) is 14.6 Å². The lowest BCUT2D eigenvalue weighted by Crippen LogP contribution is -2.08. The standard InChI is InChI=1S/C13H13F3N4O2S2/c1-3-22-11(21)7-23-12-17-5-4-10(19-12)20-8(2)9(6-18-20)24-13(14,15)16/h4-6H,3,7H2,1-2H3. The van der Waals surface area contributed by atoms with Gasteiger partial charge in [0.1, 0.15) is 0 Å². The van der Waals surface area contributed by atoms with Gasteiger partial charge in [-0.3, -0.25) is 4.79 Å². The lowest BCUT2D eigenvalue weighted by Gasteiger charge is -2.07.